The van der Waals surface area contributed by atoms with Gasteiger partial charge in [-0.25, -0.2) is 4.39 Å². The Balaban J connectivity index is 2.53. The number of aldehydes is 1. The molecule has 110 valence electrons. The van der Waals surface area contributed by atoms with Gasteiger partial charge in [-0.2, -0.15) is 0 Å². The van der Waals surface area contributed by atoms with Crippen LogP contribution >= 0.6 is 15.9 Å². The van der Waals surface area contributed by atoms with Gasteiger partial charge in [0.25, 0.3) is 0 Å². The van der Waals surface area contributed by atoms with Gasteiger partial charge in [-0.3, -0.25) is 0 Å². The summed E-state index contributed by atoms with van der Waals surface area (Å²) in [6, 6.07) is 9.32. The molecular formula is C16H14BrFO3. The van der Waals surface area contributed by atoms with Crippen molar-refractivity contribution in [2.45, 2.75) is 5.92 Å². The van der Waals surface area contributed by atoms with E-state index in [1.807, 2.05) is 0 Å². The average Bonchev–Trinajstić information content (AvgIpc) is 2.50. The first-order valence-corrected chi connectivity index (χ1v) is 7.02. The third kappa shape index (κ3) is 3.24. The second-order valence-electron chi connectivity index (χ2n) is 4.39. The van der Waals surface area contributed by atoms with E-state index in [1.165, 1.54) is 19.2 Å². The number of carbonyl (C=O) groups excluding carboxylic acids is 1. The summed E-state index contributed by atoms with van der Waals surface area (Å²) in [5.41, 5.74) is 1.38. The Bertz CT molecular complexity index is 641. The zero-order valence-electron chi connectivity index (χ0n) is 11.6. The van der Waals surface area contributed by atoms with Crippen molar-refractivity contribution in [3.63, 3.8) is 0 Å². The Morgan fingerprint density at radius 3 is 2.24 bits per heavy atom. The molecule has 0 aliphatic carbocycles. The molecule has 3 nitrogen and oxygen atoms in total. The van der Waals surface area contributed by atoms with Gasteiger partial charge in [0.15, 0.2) is 0 Å². The summed E-state index contributed by atoms with van der Waals surface area (Å²) in [4.78, 5) is 11.5. The predicted octanol–water partition coefficient (Wildman–Crippen LogP) is 3.94. The minimum absolute atomic E-state index is 0.341. The summed E-state index contributed by atoms with van der Waals surface area (Å²) >= 11 is 3.40. The molecule has 2 rings (SSSR count). The van der Waals surface area contributed by atoms with Crippen LogP contribution in [0.1, 0.15) is 17.0 Å². The topological polar surface area (TPSA) is 35.5 Å². The lowest BCUT2D eigenvalue weighted by Gasteiger charge is -2.17. The molecule has 21 heavy (non-hydrogen) atoms. The van der Waals surface area contributed by atoms with E-state index in [-0.39, 0.29) is 5.82 Å². The van der Waals surface area contributed by atoms with Crippen LogP contribution < -0.4 is 9.47 Å². The van der Waals surface area contributed by atoms with Gasteiger partial charge in [0.2, 0.25) is 0 Å². The van der Waals surface area contributed by atoms with Crippen molar-refractivity contribution in [3.05, 3.63) is 57.8 Å². The Morgan fingerprint density at radius 1 is 1.10 bits per heavy atom. The van der Waals surface area contributed by atoms with Crippen LogP contribution in [-0.4, -0.2) is 20.5 Å². The molecule has 0 aromatic heterocycles. The van der Waals surface area contributed by atoms with Crippen LogP contribution in [0.2, 0.25) is 0 Å². The van der Waals surface area contributed by atoms with E-state index in [0.29, 0.717) is 22.6 Å². The number of halogens is 2. The second-order valence-corrected chi connectivity index (χ2v) is 5.25. The summed E-state index contributed by atoms with van der Waals surface area (Å²) in [6.45, 7) is 0. The second kappa shape index (κ2) is 6.72. The van der Waals surface area contributed by atoms with Crippen molar-refractivity contribution < 1.29 is 18.7 Å². The highest BCUT2D eigenvalue weighted by molar-refractivity contribution is 9.10. The molecule has 0 saturated heterocycles. The summed E-state index contributed by atoms with van der Waals surface area (Å²) < 4.78 is 24.3. The molecule has 2 aromatic rings. The molecule has 0 N–H and O–H groups in total. The monoisotopic (exact) mass is 352 g/mol. The summed E-state index contributed by atoms with van der Waals surface area (Å²) in [7, 11) is 3.08. The first-order chi connectivity index (χ1) is 10.1. The number of ether oxygens (including phenoxy) is 2. The van der Waals surface area contributed by atoms with Crippen molar-refractivity contribution in [3.8, 4) is 11.5 Å². The maximum atomic E-state index is 13.0. The first kappa shape index (κ1) is 15.5. The van der Waals surface area contributed by atoms with E-state index in [1.54, 1.807) is 31.4 Å². The van der Waals surface area contributed by atoms with Crippen LogP contribution in [0.15, 0.2) is 40.9 Å². The maximum Gasteiger partial charge on any atom is 0.136 e. The smallest absolute Gasteiger partial charge is 0.136 e. The van der Waals surface area contributed by atoms with Crippen molar-refractivity contribution in [1.29, 1.82) is 0 Å². The fourth-order valence-corrected chi connectivity index (χ4v) is 2.65. The third-order valence-electron chi connectivity index (χ3n) is 3.20. The molecule has 0 spiro atoms. The highest BCUT2D eigenvalue weighted by atomic mass is 79.9. The Labute approximate surface area is 130 Å². The summed E-state index contributed by atoms with van der Waals surface area (Å²) in [5, 5.41) is 0. The van der Waals surface area contributed by atoms with Crippen LogP contribution in [0.3, 0.4) is 0 Å². The quantitative estimate of drug-likeness (QED) is 0.764. The Morgan fingerprint density at radius 2 is 1.71 bits per heavy atom. The third-order valence-corrected chi connectivity index (χ3v) is 3.82. The SMILES string of the molecule is COc1cc(OC)c(C(C=O)c2ccc(F)cc2)cc1Br. The van der Waals surface area contributed by atoms with Gasteiger partial charge in [0, 0.05) is 11.6 Å². The van der Waals surface area contributed by atoms with Gasteiger partial charge in [-0.15, -0.1) is 0 Å². The van der Waals surface area contributed by atoms with Crippen molar-refractivity contribution >= 4 is 22.2 Å². The Kier molecular flexibility index (Phi) is 4.96. The van der Waals surface area contributed by atoms with E-state index < -0.39 is 5.92 Å². The molecule has 0 fully saturated rings. The number of hydrogen-bond donors (Lipinski definition) is 0. The van der Waals surface area contributed by atoms with Gasteiger partial charge in [-0.1, -0.05) is 12.1 Å². The number of rotatable bonds is 5. The number of hydrogen-bond acceptors (Lipinski definition) is 3. The van der Waals surface area contributed by atoms with E-state index >= 15 is 0 Å². The van der Waals surface area contributed by atoms with Crippen molar-refractivity contribution in [2.75, 3.05) is 14.2 Å². The van der Waals surface area contributed by atoms with Gasteiger partial charge in [-0.05, 0) is 39.7 Å². The minimum atomic E-state index is -0.539. The fourth-order valence-electron chi connectivity index (χ4n) is 2.13. The van der Waals surface area contributed by atoms with Crippen LogP contribution in [0.5, 0.6) is 11.5 Å². The van der Waals surface area contributed by atoms with Gasteiger partial charge in [0.1, 0.15) is 23.6 Å². The van der Waals surface area contributed by atoms with Crippen LogP contribution in [0, 0.1) is 5.82 Å². The highest BCUT2D eigenvalue weighted by Crippen LogP contribution is 2.38. The molecule has 1 unspecified atom stereocenters. The van der Waals surface area contributed by atoms with E-state index in [4.69, 9.17) is 9.47 Å². The summed E-state index contributed by atoms with van der Waals surface area (Å²) in [6.07, 6.45) is 0.810. The molecular weight excluding hydrogens is 339 g/mol. The van der Waals surface area contributed by atoms with E-state index in [2.05, 4.69) is 15.9 Å². The molecule has 0 radical (unpaired) electrons. The average molecular weight is 353 g/mol. The molecule has 0 aliphatic heterocycles. The molecule has 0 amide bonds. The lowest BCUT2D eigenvalue weighted by atomic mass is 9.92. The Hall–Kier alpha value is -1.88. The zero-order valence-corrected chi connectivity index (χ0v) is 13.2. The van der Waals surface area contributed by atoms with E-state index in [9.17, 15) is 9.18 Å². The largest absolute Gasteiger partial charge is 0.496 e. The van der Waals surface area contributed by atoms with Gasteiger partial charge < -0.3 is 14.3 Å². The zero-order chi connectivity index (χ0) is 15.4. The van der Waals surface area contributed by atoms with Crippen molar-refractivity contribution in [1.82, 2.24) is 0 Å². The molecule has 2 aromatic carbocycles. The van der Waals surface area contributed by atoms with Gasteiger partial charge in [0.05, 0.1) is 24.6 Å². The number of benzene rings is 2. The molecule has 0 aliphatic rings. The van der Waals surface area contributed by atoms with Crippen LogP contribution in [-0.2, 0) is 4.79 Å². The number of methoxy groups -OCH3 is 2. The van der Waals surface area contributed by atoms with Gasteiger partial charge >= 0.3 is 0 Å². The van der Waals surface area contributed by atoms with Crippen LogP contribution in [0.25, 0.3) is 0 Å². The fraction of sp³-hybridized carbons (Fsp3) is 0.188. The summed E-state index contributed by atoms with van der Waals surface area (Å²) in [5.74, 6) is 0.268. The van der Waals surface area contributed by atoms with Crippen molar-refractivity contribution in [2.24, 2.45) is 0 Å². The molecule has 5 heteroatoms. The lowest BCUT2D eigenvalue weighted by Crippen LogP contribution is -2.05. The highest BCUT2D eigenvalue weighted by Gasteiger charge is 2.20. The number of carbonyl (C=O) groups is 1. The minimum Gasteiger partial charge on any atom is -0.496 e. The van der Waals surface area contributed by atoms with Crippen LogP contribution in [0.4, 0.5) is 4.39 Å². The molecule has 0 heterocycles. The molecule has 1 atom stereocenters. The van der Waals surface area contributed by atoms with E-state index in [0.717, 1.165) is 10.8 Å². The maximum absolute atomic E-state index is 13.0. The molecule has 0 saturated carbocycles. The first-order valence-electron chi connectivity index (χ1n) is 6.23. The lowest BCUT2D eigenvalue weighted by molar-refractivity contribution is -0.108. The molecule has 0 bridgehead atoms. The standard InChI is InChI=1S/C16H14BrFO3/c1-20-15-8-16(21-2)14(17)7-12(15)13(9-19)10-3-5-11(18)6-4-10/h3-9,13H,1-2H3. The predicted molar refractivity (Wildman–Crippen MR) is 81.6 cm³/mol. The normalized spacial score (nSPS) is 11.8.